The topological polar surface area (TPSA) is 94.7 Å². The highest BCUT2D eigenvalue weighted by Gasteiger charge is 2.12. The van der Waals surface area contributed by atoms with E-state index in [1.165, 1.54) is 0 Å². The molecular weight excluding hydrogens is 296 g/mol. The van der Waals surface area contributed by atoms with E-state index in [1.54, 1.807) is 35.1 Å². The molecule has 1 amide bonds. The van der Waals surface area contributed by atoms with Gasteiger partial charge in [0.1, 0.15) is 12.1 Å². The largest absolute Gasteiger partial charge is 0.350 e. The molecule has 0 bridgehead atoms. The highest BCUT2D eigenvalue weighted by Crippen LogP contribution is 2.03. The zero-order chi connectivity index (χ0) is 16.2. The number of hydrogen-bond donors (Lipinski definition) is 1. The quantitative estimate of drug-likeness (QED) is 0.726. The zero-order valence-electron chi connectivity index (χ0n) is 12.6. The highest BCUT2D eigenvalue weighted by atomic mass is 16.2. The number of carbonyl (C=O) groups is 1. The number of benzene rings is 1. The number of amides is 1. The fourth-order valence-corrected chi connectivity index (χ4v) is 2.32. The number of fused-ring (bicyclic) bond motifs is 1. The van der Waals surface area contributed by atoms with Gasteiger partial charge in [-0.2, -0.15) is 5.10 Å². The minimum absolute atomic E-state index is 0.119. The molecule has 2 heterocycles. The molecule has 0 radical (unpaired) electrons. The summed E-state index contributed by atoms with van der Waals surface area (Å²) in [6, 6.07) is 8.61. The molecule has 1 N–H and O–H groups in total. The van der Waals surface area contributed by atoms with Crippen molar-refractivity contribution >= 4 is 16.8 Å². The Balaban J connectivity index is 1.68. The van der Waals surface area contributed by atoms with Gasteiger partial charge in [0.25, 0.3) is 5.56 Å². The van der Waals surface area contributed by atoms with Crippen LogP contribution in [0.3, 0.4) is 0 Å². The number of rotatable bonds is 5. The molecule has 3 rings (SSSR count). The molecule has 1 atom stereocenters. The van der Waals surface area contributed by atoms with Gasteiger partial charge in [0.2, 0.25) is 5.91 Å². The molecule has 3 aromatic rings. The first-order chi connectivity index (χ1) is 11.1. The average molecular weight is 312 g/mol. The lowest BCUT2D eigenvalue weighted by Crippen LogP contribution is -2.40. The number of nitrogens with one attached hydrogen (secondary N) is 1. The molecular formula is C15H16N6O2. The summed E-state index contributed by atoms with van der Waals surface area (Å²) in [5.74, 6) is -0.295. The SMILES string of the molecule is C[C@H](Cn1cccn1)NC(=O)Cn1nnc2ccccc2c1=O. The molecule has 0 saturated heterocycles. The number of hydrogen-bond acceptors (Lipinski definition) is 5. The minimum atomic E-state index is -0.328. The molecule has 0 aliphatic carbocycles. The van der Waals surface area contributed by atoms with Gasteiger partial charge in [-0.15, -0.1) is 5.10 Å². The molecule has 8 heteroatoms. The first-order valence-electron chi connectivity index (χ1n) is 7.23. The molecule has 0 saturated carbocycles. The summed E-state index contributed by atoms with van der Waals surface area (Å²) in [5.41, 5.74) is 0.187. The lowest BCUT2D eigenvalue weighted by molar-refractivity contribution is -0.122. The molecule has 0 aliphatic rings. The van der Waals surface area contributed by atoms with Gasteiger partial charge in [-0.3, -0.25) is 14.3 Å². The van der Waals surface area contributed by atoms with Crippen molar-refractivity contribution in [3.05, 3.63) is 53.1 Å². The van der Waals surface area contributed by atoms with Crippen LogP contribution in [0.25, 0.3) is 10.9 Å². The predicted molar refractivity (Wildman–Crippen MR) is 83.6 cm³/mol. The summed E-state index contributed by atoms with van der Waals surface area (Å²) in [6.45, 7) is 2.26. The van der Waals surface area contributed by atoms with Gasteiger partial charge in [0.15, 0.2) is 0 Å². The Morgan fingerprint density at radius 3 is 2.91 bits per heavy atom. The Morgan fingerprint density at radius 1 is 1.30 bits per heavy atom. The molecule has 1 aromatic carbocycles. The third-order valence-corrected chi connectivity index (χ3v) is 3.35. The van der Waals surface area contributed by atoms with Crippen LogP contribution in [0.1, 0.15) is 6.92 Å². The summed E-state index contributed by atoms with van der Waals surface area (Å²) in [6.07, 6.45) is 3.50. The maximum Gasteiger partial charge on any atom is 0.278 e. The number of aromatic nitrogens is 5. The lowest BCUT2D eigenvalue weighted by Gasteiger charge is -2.14. The first kappa shape index (κ1) is 14.9. The van der Waals surface area contributed by atoms with E-state index in [-0.39, 0.29) is 24.1 Å². The molecule has 0 fully saturated rings. The first-order valence-corrected chi connectivity index (χ1v) is 7.23. The van der Waals surface area contributed by atoms with Crippen molar-refractivity contribution in [2.45, 2.75) is 26.1 Å². The average Bonchev–Trinajstić information content (AvgIpc) is 3.03. The third kappa shape index (κ3) is 3.42. The van der Waals surface area contributed by atoms with Crippen LogP contribution in [0, 0.1) is 0 Å². The van der Waals surface area contributed by atoms with Gasteiger partial charge < -0.3 is 5.32 Å². The van der Waals surface area contributed by atoms with Crippen molar-refractivity contribution < 1.29 is 4.79 Å². The van der Waals surface area contributed by atoms with Crippen molar-refractivity contribution in [2.24, 2.45) is 0 Å². The van der Waals surface area contributed by atoms with E-state index in [2.05, 4.69) is 20.7 Å². The Kier molecular flexibility index (Phi) is 4.13. The van der Waals surface area contributed by atoms with Crippen LogP contribution < -0.4 is 10.9 Å². The van der Waals surface area contributed by atoms with E-state index in [0.29, 0.717) is 17.4 Å². The van der Waals surface area contributed by atoms with Gasteiger partial charge >= 0.3 is 0 Å². The normalized spacial score (nSPS) is 12.2. The minimum Gasteiger partial charge on any atom is -0.350 e. The van der Waals surface area contributed by atoms with E-state index < -0.39 is 0 Å². The smallest absolute Gasteiger partial charge is 0.278 e. The monoisotopic (exact) mass is 312 g/mol. The molecule has 23 heavy (non-hydrogen) atoms. The van der Waals surface area contributed by atoms with Crippen molar-refractivity contribution in [1.29, 1.82) is 0 Å². The van der Waals surface area contributed by atoms with Crippen LogP contribution in [-0.4, -0.2) is 36.7 Å². The third-order valence-electron chi connectivity index (χ3n) is 3.35. The van der Waals surface area contributed by atoms with E-state index in [4.69, 9.17) is 0 Å². The molecule has 8 nitrogen and oxygen atoms in total. The van der Waals surface area contributed by atoms with Gasteiger partial charge in [-0.1, -0.05) is 17.3 Å². The lowest BCUT2D eigenvalue weighted by atomic mass is 10.2. The second-order valence-electron chi connectivity index (χ2n) is 5.27. The van der Waals surface area contributed by atoms with Gasteiger partial charge in [-0.05, 0) is 25.1 Å². The second-order valence-corrected chi connectivity index (χ2v) is 5.27. The van der Waals surface area contributed by atoms with Gasteiger partial charge in [-0.25, -0.2) is 4.68 Å². The predicted octanol–water partition coefficient (Wildman–Crippen LogP) is 0.193. The Labute approximate surface area is 131 Å². The summed E-state index contributed by atoms with van der Waals surface area (Å²) in [7, 11) is 0. The number of carbonyl (C=O) groups excluding carboxylic acids is 1. The van der Waals surface area contributed by atoms with Crippen LogP contribution in [0.5, 0.6) is 0 Å². The van der Waals surface area contributed by atoms with Crippen LogP contribution in [0.2, 0.25) is 0 Å². The summed E-state index contributed by atoms with van der Waals surface area (Å²) >= 11 is 0. The van der Waals surface area contributed by atoms with Crippen molar-refractivity contribution in [3.8, 4) is 0 Å². The van der Waals surface area contributed by atoms with Gasteiger partial charge in [0, 0.05) is 18.4 Å². The maximum absolute atomic E-state index is 12.3. The van der Waals surface area contributed by atoms with E-state index in [9.17, 15) is 9.59 Å². The summed E-state index contributed by atoms with van der Waals surface area (Å²) < 4.78 is 2.80. The second kappa shape index (κ2) is 6.39. The van der Waals surface area contributed by atoms with Crippen LogP contribution in [0.4, 0.5) is 0 Å². The fraction of sp³-hybridized carbons (Fsp3) is 0.267. The van der Waals surface area contributed by atoms with Crippen molar-refractivity contribution in [2.75, 3.05) is 0 Å². The molecule has 2 aromatic heterocycles. The summed E-state index contributed by atoms with van der Waals surface area (Å²) in [4.78, 5) is 24.3. The van der Waals surface area contributed by atoms with Crippen LogP contribution in [0.15, 0.2) is 47.5 Å². The fourth-order valence-electron chi connectivity index (χ4n) is 2.32. The maximum atomic E-state index is 12.3. The Bertz CT molecular complexity index is 871. The molecule has 118 valence electrons. The molecule has 0 spiro atoms. The highest BCUT2D eigenvalue weighted by molar-refractivity contribution is 5.78. The van der Waals surface area contributed by atoms with Crippen molar-refractivity contribution in [3.63, 3.8) is 0 Å². The van der Waals surface area contributed by atoms with Crippen molar-refractivity contribution in [1.82, 2.24) is 30.1 Å². The number of nitrogens with zero attached hydrogens (tertiary/aromatic N) is 5. The van der Waals surface area contributed by atoms with Gasteiger partial charge in [0.05, 0.1) is 11.9 Å². The van der Waals surface area contributed by atoms with Crippen LogP contribution in [-0.2, 0) is 17.9 Å². The zero-order valence-corrected chi connectivity index (χ0v) is 12.6. The Hall–Kier alpha value is -3.03. The van der Waals surface area contributed by atoms with E-state index in [0.717, 1.165) is 4.68 Å². The standard InChI is InChI=1S/C15H16N6O2/c1-11(9-20-8-4-7-16-20)17-14(22)10-21-15(23)12-5-2-3-6-13(12)18-19-21/h2-8,11H,9-10H2,1H3,(H,17,22)/t11-/m1/s1. The van der Waals surface area contributed by atoms with Crippen LogP contribution >= 0.6 is 0 Å². The Morgan fingerprint density at radius 2 is 2.13 bits per heavy atom. The summed E-state index contributed by atoms with van der Waals surface area (Å²) in [5, 5.41) is 15.1. The van der Waals surface area contributed by atoms with E-state index in [1.807, 2.05) is 19.2 Å². The molecule has 0 unspecified atom stereocenters. The molecule has 0 aliphatic heterocycles. The van der Waals surface area contributed by atoms with E-state index >= 15 is 0 Å².